The molecule has 146 valence electrons. The van der Waals surface area contributed by atoms with Gasteiger partial charge in [0.1, 0.15) is 22.8 Å². The molecule has 0 spiro atoms. The van der Waals surface area contributed by atoms with E-state index in [-0.39, 0.29) is 11.3 Å². The highest BCUT2D eigenvalue weighted by atomic mass is 16.5. The van der Waals surface area contributed by atoms with E-state index >= 15 is 0 Å². The first-order valence-electron chi connectivity index (χ1n) is 9.51. The Kier molecular flexibility index (Phi) is 5.73. The molecular weight excluding hydrogens is 344 g/mol. The number of hydrogen-bond acceptors (Lipinski definition) is 5. The van der Waals surface area contributed by atoms with Crippen molar-refractivity contribution in [2.24, 2.45) is 5.92 Å². The van der Waals surface area contributed by atoms with Gasteiger partial charge in [0.05, 0.1) is 14.2 Å². The lowest BCUT2D eigenvalue weighted by Crippen LogP contribution is -2.34. The van der Waals surface area contributed by atoms with E-state index in [1.54, 1.807) is 18.2 Å². The highest BCUT2D eigenvalue weighted by Gasteiger charge is 2.40. The summed E-state index contributed by atoms with van der Waals surface area (Å²) in [5.74, 6) is 2.27. The summed E-state index contributed by atoms with van der Waals surface area (Å²) in [6.45, 7) is 4.46. The quantitative estimate of drug-likeness (QED) is 0.788. The fourth-order valence-corrected chi connectivity index (χ4v) is 4.11. The van der Waals surface area contributed by atoms with Crippen LogP contribution in [0.4, 0.5) is 5.82 Å². The maximum absolute atomic E-state index is 12.8. The highest BCUT2D eigenvalue weighted by molar-refractivity contribution is 6.07. The number of methoxy groups -OCH3 is 2. The van der Waals surface area contributed by atoms with Crippen LogP contribution in [-0.2, 0) is 5.41 Å². The highest BCUT2D eigenvalue weighted by Crippen LogP contribution is 2.45. The number of benzene rings is 1. The van der Waals surface area contributed by atoms with Crippen molar-refractivity contribution in [2.75, 3.05) is 19.5 Å². The zero-order valence-electron chi connectivity index (χ0n) is 16.5. The lowest BCUT2D eigenvalue weighted by molar-refractivity contribution is 0.102. The van der Waals surface area contributed by atoms with Gasteiger partial charge >= 0.3 is 0 Å². The Morgan fingerprint density at radius 1 is 1.15 bits per heavy atom. The standard InChI is InChI=1S/C21H28N2O4/c1-14(2)21(11-6-5-7-12-21)17-13-18(23-27-17)22-20(24)19-15(25-3)9-8-10-16(19)26-4/h8-10,13-14H,5-7,11-12H2,1-4H3,(H,22,23,24). The number of rotatable bonds is 6. The van der Waals surface area contributed by atoms with Crippen molar-refractivity contribution in [3.05, 3.63) is 35.6 Å². The van der Waals surface area contributed by atoms with Crippen LogP contribution < -0.4 is 14.8 Å². The summed E-state index contributed by atoms with van der Waals surface area (Å²) in [5.41, 5.74) is 0.333. The molecule has 1 aromatic carbocycles. The first-order chi connectivity index (χ1) is 13.0. The molecule has 1 amide bonds. The van der Waals surface area contributed by atoms with Crippen molar-refractivity contribution in [3.63, 3.8) is 0 Å². The van der Waals surface area contributed by atoms with Gasteiger partial charge in [0.2, 0.25) is 0 Å². The van der Waals surface area contributed by atoms with Crippen LogP contribution in [0.1, 0.15) is 62.1 Å². The molecule has 1 fully saturated rings. The number of ether oxygens (including phenoxy) is 2. The number of anilines is 1. The number of carbonyl (C=O) groups is 1. The fraction of sp³-hybridized carbons (Fsp3) is 0.524. The van der Waals surface area contributed by atoms with Gasteiger partial charge in [-0.25, -0.2) is 0 Å². The minimum Gasteiger partial charge on any atom is -0.496 e. The maximum Gasteiger partial charge on any atom is 0.264 e. The van der Waals surface area contributed by atoms with Gasteiger partial charge in [-0.05, 0) is 30.9 Å². The minimum atomic E-state index is -0.341. The molecule has 0 aliphatic heterocycles. The van der Waals surface area contributed by atoms with Gasteiger partial charge < -0.3 is 19.3 Å². The van der Waals surface area contributed by atoms with E-state index in [1.807, 2.05) is 6.07 Å². The second-order valence-electron chi connectivity index (χ2n) is 7.44. The summed E-state index contributed by atoms with van der Waals surface area (Å²) >= 11 is 0. The molecule has 6 heteroatoms. The van der Waals surface area contributed by atoms with Gasteiger partial charge in [-0.3, -0.25) is 4.79 Å². The lowest BCUT2D eigenvalue weighted by atomic mass is 9.65. The molecule has 1 aliphatic rings. The molecule has 1 aromatic heterocycles. The summed E-state index contributed by atoms with van der Waals surface area (Å²) in [5, 5.41) is 6.93. The molecule has 0 saturated heterocycles. The van der Waals surface area contributed by atoms with E-state index in [0.29, 0.717) is 28.8 Å². The number of carbonyl (C=O) groups excluding carboxylic acids is 1. The smallest absolute Gasteiger partial charge is 0.264 e. The third kappa shape index (κ3) is 3.66. The van der Waals surface area contributed by atoms with Crippen LogP contribution in [0.15, 0.2) is 28.8 Å². The Morgan fingerprint density at radius 3 is 2.33 bits per heavy atom. The third-order valence-electron chi connectivity index (χ3n) is 5.75. The molecule has 1 saturated carbocycles. The molecule has 1 heterocycles. The van der Waals surface area contributed by atoms with Gasteiger partial charge in [0.25, 0.3) is 5.91 Å². The number of nitrogens with one attached hydrogen (secondary N) is 1. The number of hydrogen-bond donors (Lipinski definition) is 1. The van der Waals surface area contributed by atoms with Crippen LogP contribution in [0.5, 0.6) is 11.5 Å². The van der Waals surface area contributed by atoms with Crippen LogP contribution in [0.25, 0.3) is 0 Å². The molecule has 0 radical (unpaired) electrons. The van der Waals surface area contributed by atoms with Gasteiger partial charge in [0.15, 0.2) is 5.82 Å². The second kappa shape index (κ2) is 8.03. The number of amides is 1. The molecule has 0 bridgehead atoms. The lowest BCUT2D eigenvalue weighted by Gasteiger charge is -2.38. The van der Waals surface area contributed by atoms with Crippen LogP contribution in [0, 0.1) is 5.92 Å². The van der Waals surface area contributed by atoms with Crippen LogP contribution >= 0.6 is 0 Å². The Morgan fingerprint density at radius 2 is 1.78 bits per heavy atom. The van der Waals surface area contributed by atoms with E-state index in [0.717, 1.165) is 18.6 Å². The topological polar surface area (TPSA) is 73.6 Å². The Labute approximate surface area is 160 Å². The Hall–Kier alpha value is -2.50. The monoisotopic (exact) mass is 372 g/mol. The third-order valence-corrected chi connectivity index (χ3v) is 5.75. The van der Waals surface area contributed by atoms with Crippen molar-refractivity contribution >= 4 is 11.7 Å². The first-order valence-corrected chi connectivity index (χ1v) is 9.51. The van der Waals surface area contributed by atoms with E-state index in [2.05, 4.69) is 24.3 Å². The summed E-state index contributed by atoms with van der Waals surface area (Å²) in [4.78, 5) is 12.8. The maximum atomic E-state index is 12.8. The van der Waals surface area contributed by atoms with Crippen LogP contribution in [0.2, 0.25) is 0 Å². The molecule has 0 unspecified atom stereocenters. The molecule has 1 N–H and O–H groups in total. The minimum absolute atomic E-state index is 0.00362. The molecule has 27 heavy (non-hydrogen) atoms. The number of aromatic nitrogens is 1. The van der Waals surface area contributed by atoms with Gasteiger partial charge in [-0.15, -0.1) is 0 Å². The predicted molar refractivity (Wildman–Crippen MR) is 104 cm³/mol. The SMILES string of the molecule is COc1cccc(OC)c1C(=O)Nc1cc(C2(C(C)C)CCCCC2)on1. The van der Waals surface area contributed by atoms with E-state index in [4.69, 9.17) is 14.0 Å². The van der Waals surface area contributed by atoms with Gasteiger partial charge in [0, 0.05) is 11.5 Å². The molecule has 6 nitrogen and oxygen atoms in total. The van der Waals surface area contributed by atoms with Crippen molar-refractivity contribution in [2.45, 2.75) is 51.4 Å². The summed E-state index contributed by atoms with van der Waals surface area (Å²) in [7, 11) is 3.05. The number of nitrogens with zero attached hydrogens (tertiary/aromatic N) is 1. The second-order valence-corrected chi connectivity index (χ2v) is 7.44. The Bertz CT molecular complexity index is 769. The molecule has 1 aliphatic carbocycles. The molecule has 0 atom stereocenters. The van der Waals surface area contributed by atoms with Crippen LogP contribution in [0.3, 0.4) is 0 Å². The average molecular weight is 372 g/mol. The Balaban J connectivity index is 1.85. The normalized spacial score (nSPS) is 16.2. The first kappa shape index (κ1) is 19.3. The van der Waals surface area contributed by atoms with Crippen molar-refractivity contribution in [3.8, 4) is 11.5 Å². The van der Waals surface area contributed by atoms with Crippen molar-refractivity contribution < 1.29 is 18.8 Å². The molecule has 2 aromatic rings. The van der Waals surface area contributed by atoms with Gasteiger partial charge in [-0.2, -0.15) is 0 Å². The predicted octanol–water partition coefficient (Wildman–Crippen LogP) is 4.80. The van der Waals surface area contributed by atoms with Crippen LogP contribution in [-0.4, -0.2) is 25.3 Å². The zero-order valence-corrected chi connectivity index (χ0v) is 16.5. The van der Waals surface area contributed by atoms with E-state index in [9.17, 15) is 4.79 Å². The van der Waals surface area contributed by atoms with Gasteiger partial charge in [-0.1, -0.05) is 44.3 Å². The summed E-state index contributed by atoms with van der Waals surface area (Å²) in [6.07, 6.45) is 5.83. The summed E-state index contributed by atoms with van der Waals surface area (Å²) in [6, 6.07) is 7.09. The fourth-order valence-electron chi connectivity index (χ4n) is 4.11. The molecular formula is C21H28N2O4. The summed E-state index contributed by atoms with van der Waals surface area (Å²) < 4.78 is 16.3. The van der Waals surface area contributed by atoms with E-state index < -0.39 is 0 Å². The van der Waals surface area contributed by atoms with Crippen molar-refractivity contribution in [1.29, 1.82) is 0 Å². The zero-order chi connectivity index (χ0) is 19.4. The average Bonchev–Trinajstić information content (AvgIpc) is 3.16. The largest absolute Gasteiger partial charge is 0.496 e. The van der Waals surface area contributed by atoms with E-state index in [1.165, 1.54) is 33.5 Å². The molecule has 3 rings (SSSR count). The van der Waals surface area contributed by atoms with Crippen molar-refractivity contribution in [1.82, 2.24) is 5.16 Å².